The van der Waals surface area contributed by atoms with Crippen LogP contribution in [-0.2, 0) is 0 Å². The second-order valence-corrected chi connectivity index (χ2v) is 6.96. The van der Waals surface area contributed by atoms with Crippen molar-refractivity contribution in [2.45, 2.75) is 26.8 Å². The number of nitrogens with zero attached hydrogens (tertiary/aromatic N) is 2. The van der Waals surface area contributed by atoms with Gasteiger partial charge in [0.05, 0.1) is 5.69 Å². The van der Waals surface area contributed by atoms with E-state index >= 15 is 0 Å². The quantitative estimate of drug-likeness (QED) is 0.766. The molecule has 5 heteroatoms. The van der Waals surface area contributed by atoms with E-state index in [1.807, 2.05) is 55.8 Å². The van der Waals surface area contributed by atoms with Gasteiger partial charge in [-0.15, -0.1) is 11.3 Å². The average Bonchev–Trinajstić information content (AvgIpc) is 3.18. The fraction of sp³-hybridized carbons (Fsp3) is 0.263. The standard InChI is InChI=1S/C19H21N3OS/c1-13-6-4-7-16(10-13)19(23)20-12-17(18-8-5-9-24-18)22-15(3)11-14(2)21-22/h4-11,17H,12H2,1-3H3,(H,20,23). The lowest BCUT2D eigenvalue weighted by atomic mass is 10.1. The van der Waals surface area contributed by atoms with Gasteiger partial charge in [-0.1, -0.05) is 23.8 Å². The normalized spacial score (nSPS) is 12.1. The van der Waals surface area contributed by atoms with Crippen LogP contribution in [0.15, 0.2) is 47.8 Å². The Hall–Kier alpha value is -2.40. The van der Waals surface area contributed by atoms with Crippen LogP contribution in [-0.4, -0.2) is 22.2 Å². The maximum absolute atomic E-state index is 12.5. The van der Waals surface area contributed by atoms with Crippen molar-refractivity contribution in [3.05, 3.63) is 75.2 Å². The topological polar surface area (TPSA) is 46.9 Å². The molecule has 2 heterocycles. The van der Waals surface area contributed by atoms with E-state index in [0.717, 1.165) is 17.0 Å². The molecule has 0 saturated carbocycles. The zero-order chi connectivity index (χ0) is 17.1. The Morgan fingerprint density at radius 1 is 1.21 bits per heavy atom. The van der Waals surface area contributed by atoms with Crippen LogP contribution < -0.4 is 5.32 Å². The van der Waals surface area contributed by atoms with E-state index in [4.69, 9.17) is 0 Å². The molecular weight excluding hydrogens is 318 g/mol. The Balaban J connectivity index is 1.80. The Labute approximate surface area is 146 Å². The van der Waals surface area contributed by atoms with Gasteiger partial charge in [-0.05, 0) is 50.4 Å². The van der Waals surface area contributed by atoms with E-state index in [0.29, 0.717) is 12.1 Å². The Bertz CT molecular complexity index is 836. The Morgan fingerprint density at radius 2 is 2.04 bits per heavy atom. The summed E-state index contributed by atoms with van der Waals surface area (Å²) in [5.74, 6) is -0.0539. The molecule has 0 saturated heterocycles. The first-order valence-electron chi connectivity index (χ1n) is 7.95. The van der Waals surface area contributed by atoms with Crippen molar-refractivity contribution in [1.82, 2.24) is 15.1 Å². The molecule has 2 aromatic heterocycles. The molecule has 124 valence electrons. The lowest BCUT2D eigenvalue weighted by molar-refractivity contribution is 0.0949. The minimum Gasteiger partial charge on any atom is -0.350 e. The van der Waals surface area contributed by atoms with Crippen molar-refractivity contribution in [3.8, 4) is 0 Å². The fourth-order valence-electron chi connectivity index (χ4n) is 2.83. The van der Waals surface area contributed by atoms with Gasteiger partial charge in [-0.25, -0.2) is 0 Å². The highest BCUT2D eigenvalue weighted by molar-refractivity contribution is 7.10. The summed E-state index contributed by atoms with van der Waals surface area (Å²) >= 11 is 1.68. The highest BCUT2D eigenvalue weighted by atomic mass is 32.1. The molecule has 1 unspecified atom stereocenters. The first kappa shape index (κ1) is 16.5. The largest absolute Gasteiger partial charge is 0.350 e. The molecule has 3 aromatic rings. The van der Waals surface area contributed by atoms with Gasteiger partial charge in [0, 0.05) is 22.7 Å². The van der Waals surface area contributed by atoms with Crippen LogP contribution in [0.3, 0.4) is 0 Å². The minimum atomic E-state index is -0.0539. The summed E-state index contributed by atoms with van der Waals surface area (Å²) in [6.45, 7) is 6.53. The molecule has 0 aliphatic carbocycles. The molecule has 0 radical (unpaired) electrons. The van der Waals surface area contributed by atoms with Crippen molar-refractivity contribution in [3.63, 3.8) is 0 Å². The molecule has 1 atom stereocenters. The molecule has 0 aliphatic rings. The number of amides is 1. The van der Waals surface area contributed by atoms with Crippen LogP contribution in [0.1, 0.15) is 38.2 Å². The minimum absolute atomic E-state index is 0.00691. The number of thiophene rings is 1. The number of hydrogen-bond acceptors (Lipinski definition) is 3. The summed E-state index contributed by atoms with van der Waals surface area (Å²) in [6, 6.07) is 13.8. The highest BCUT2D eigenvalue weighted by Crippen LogP contribution is 2.24. The SMILES string of the molecule is Cc1cccc(C(=O)NCC(c2cccs2)n2nc(C)cc2C)c1. The van der Waals surface area contributed by atoms with E-state index < -0.39 is 0 Å². The lowest BCUT2D eigenvalue weighted by Crippen LogP contribution is -2.31. The number of rotatable bonds is 5. The van der Waals surface area contributed by atoms with Crippen LogP contribution in [0.4, 0.5) is 0 Å². The highest BCUT2D eigenvalue weighted by Gasteiger charge is 2.19. The van der Waals surface area contributed by atoms with E-state index in [1.54, 1.807) is 11.3 Å². The van der Waals surface area contributed by atoms with Crippen LogP contribution in [0.2, 0.25) is 0 Å². The number of nitrogens with one attached hydrogen (secondary N) is 1. The fourth-order valence-corrected chi connectivity index (χ4v) is 3.64. The molecule has 0 fully saturated rings. The van der Waals surface area contributed by atoms with Gasteiger partial charge in [0.2, 0.25) is 0 Å². The number of carbonyl (C=O) groups is 1. The number of hydrogen-bond donors (Lipinski definition) is 1. The summed E-state index contributed by atoms with van der Waals surface area (Å²) in [4.78, 5) is 13.6. The monoisotopic (exact) mass is 339 g/mol. The summed E-state index contributed by atoms with van der Waals surface area (Å²) in [5, 5.41) is 9.71. The van der Waals surface area contributed by atoms with E-state index in [9.17, 15) is 4.79 Å². The Morgan fingerprint density at radius 3 is 2.67 bits per heavy atom. The van der Waals surface area contributed by atoms with Gasteiger partial charge in [0.25, 0.3) is 5.91 Å². The molecule has 0 spiro atoms. The maximum atomic E-state index is 12.5. The predicted octanol–water partition coefficient (Wildman–Crippen LogP) is 3.89. The summed E-state index contributed by atoms with van der Waals surface area (Å²) in [6.07, 6.45) is 0. The summed E-state index contributed by atoms with van der Waals surface area (Å²) < 4.78 is 2.00. The van der Waals surface area contributed by atoms with Gasteiger partial charge in [0.15, 0.2) is 0 Å². The molecule has 1 amide bonds. The van der Waals surface area contributed by atoms with Gasteiger partial charge in [-0.2, -0.15) is 5.10 Å². The molecular formula is C19H21N3OS. The van der Waals surface area contributed by atoms with Crippen LogP contribution in [0, 0.1) is 20.8 Å². The molecule has 1 N–H and O–H groups in total. The van der Waals surface area contributed by atoms with Gasteiger partial charge < -0.3 is 5.32 Å². The first-order valence-corrected chi connectivity index (χ1v) is 8.83. The smallest absolute Gasteiger partial charge is 0.251 e. The van der Waals surface area contributed by atoms with Gasteiger partial charge in [-0.3, -0.25) is 9.48 Å². The summed E-state index contributed by atoms with van der Waals surface area (Å²) in [7, 11) is 0. The van der Waals surface area contributed by atoms with Crippen molar-refractivity contribution < 1.29 is 4.79 Å². The van der Waals surface area contributed by atoms with Crippen molar-refractivity contribution in [2.75, 3.05) is 6.54 Å². The second-order valence-electron chi connectivity index (χ2n) is 5.98. The third-order valence-electron chi connectivity index (χ3n) is 3.95. The summed E-state index contributed by atoms with van der Waals surface area (Å²) in [5.41, 5.74) is 3.85. The second kappa shape index (κ2) is 7.01. The third kappa shape index (κ3) is 3.57. The zero-order valence-corrected chi connectivity index (χ0v) is 14.9. The molecule has 0 bridgehead atoms. The average molecular weight is 339 g/mol. The Kier molecular flexibility index (Phi) is 4.81. The lowest BCUT2D eigenvalue weighted by Gasteiger charge is -2.19. The van der Waals surface area contributed by atoms with Crippen LogP contribution in [0.5, 0.6) is 0 Å². The molecule has 0 aliphatic heterocycles. The number of benzene rings is 1. The van der Waals surface area contributed by atoms with E-state index in [2.05, 4.69) is 27.9 Å². The molecule has 4 nitrogen and oxygen atoms in total. The number of aryl methyl sites for hydroxylation is 3. The zero-order valence-electron chi connectivity index (χ0n) is 14.1. The molecule has 24 heavy (non-hydrogen) atoms. The van der Waals surface area contributed by atoms with Crippen LogP contribution >= 0.6 is 11.3 Å². The maximum Gasteiger partial charge on any atom is 0.251 e. The molecule has 1 aromatic carbocycles. The van der Waals surface area contributed by atoms with Crippen molar-refractivity contribution >= 4 is 17.2 Å². The van der Waals surface area contributed by atoms with E-state index in [-0.39, 0.29) is 11.9 Å². The third-order valence-corrected chi connectivity index (χ3v) is 4.92. The van der Waals surface area contributed by atoms with Crippen molar-refractivity contribution in [1.29, 1.82) is 0 Å². The predicted molar refractivity (Wildman–Crippen MR) is 97.7 cm³/mol. The number of aromatic nitrogens is 2. The van der Waals surface area contributed by atoms with Crippen LogP contribution in [0.25, 0.3) is 0 Å². The van der Waals surface area contributed by atoms with Gasteiger partial charge in [0.1, 0.15) is 6.04 Å². The van der Waals surface area contributed by atoms with Gasteiger partial charge >= 0.3 is 0 Å². The van der Waals surface area contributed by atoms with Crippen molar-refractivity contribution in [2.24, 2.45) is 0 Å². The number of carbonyl (C=O) groups excluding carboxylic acids is 1. The molecule has 3 rings (SSSR count). The first-order chi connectivity index (χ1) is 11.5. The van der Waals surface area contributed by atoms with E-state index in [1.165, 1.54) is 4.88 Å².